The van der Waals surface area contributed by atoms with Crippen molar-refractivity contribution in [1.82, 2.24) is 25.4 Å². The molecule has 1 fully saturated rings. The maximum atomic E-state index is 12.2. The number of aromatic nitrogens is 5. The third-order valence-corrected chi connectivity index (χ3v) is 7.28. The number of nitrogens with zero attached hydrogens (tertiary/aromatic N) is 6. The summed E-state index contributed by atoms with van der Waals surface area (Å²) in [5.74, 6) is 1.55. The molecule has 11 nitrogen and oxygen atoms in total. The van der Waals surface area contributed by atoms with E-state index in [1.54, 1.807) is 12.3 Å². The summed E-state index contributed by atoms with van der Waals surface area (Å²) in [5, 5.41) is 24.2. The summed E-state index contributed by atoms with van der Waals surface area (Å²) in [6.45, 7) is 1.78. The maximum Gasteiger partial charge on any atom is 0.573 e. The zero-order valence-corrected chi connectivity index (χ0v) is 23.9. The van der Waals surface area contributed by atoms with Gasteiger partial charge in [-0.25, -0.2) is 0 Å². The number of ether oxygens (including phenoxy) is 1. The zero-order chi connectivity index (χ0) is 30.7. The average molecular weight is 615 g/mol. The van der Waals surface area contributed by atoms with Crippen LogP contribution in [-0.4, -0.2) is 64.1 Å². The SMILES string of the molecule is CNc1ccc(N2CCC(c3nnc(NC(=O)Cc4ccccn4)s3)CC2)nn1.O=CCc1cccc(OC(F)(F)F)c1. The second kappa shape index (κ2) is 15.0. The Balaban J connectivity index is 0.000000255. The molecule has 1 aliphatic rings. The average Bonchev–Trinajstić information content (AvgIpc) is 3.46. The Morgan fingerprint density at radius 1 is 1.07 bits per heavy atom. The Labute approximate surface area is 249 Å². The number of carbonyl (C=O) groups excluding carboxylic acids is 2. The number of halogens is 3. The molecule has 0 bridgehead atoms. The van der Waals surface area contributed by atoms with Gasteiger partial charge in [0.1, 0.15) is 22.9 Å². The fourth-order valence-corrected chi connectivity index (χ4v) is 5.16. The van der Waals surface area contributed by atoms with Crippen molar-refractivity contribution in [2.45, 2.75) is 38.0 Å². The molecule has 15 heteroatoms. The standard InChI is InChI=1S/C19H22N8OS.C9H7F3O2/c1-20-15-5-6-16(24-23-15)27-10-7-13(8-11-27)18-25-26-19(29-18)22-17(28)12-14-4-2-3-9-21-14;10-9(11,12)14-8-3-1-2-7(6-8)4-5-13/h2-6,9,13H,7-8,10-12H2,1H3,(H,20,23)(H,22,26,28);1-3,5-6H,4H2. The molecule has 5 rings (SSSR count). The number of piperidine rings is 1. The number of amides is 1. The van der Waals surface area contributed by atoms with Crippen LogP contribution in [0.25, 0.3) is 0 Å². The number of aldehydes is 1. The van der Waals surface area contributed by atoms with E-state index in [4.69, 9.17) is 0 Å². The largest absolute Gasteiger partial charge is 0.573 e. The normalized spacial score (nSPS) is 13.4. The first-order valence-corrected chi connectivity index (χ1v) is 14.1. The minimum absolute atomic E-state index is 0.0784. The van der Waals surface area contributed by atoms with E-state index in [0.29, 0.717) is 22.9 Å². The van der Waals surface area contributed by atoms with Gasteiger partial charge < -0.3 is 25.1 Å². The fraction of sp³-hybridized carbons (Fsp3) is 0.321. The summed E-state index contributed by atoms with van der Waals surface area (Å²) in [7, 11) is 1.83. The lowest BCUT2D eigenvalue weighted by molar-refractivity contribution is -0.274. The Morgan fingerprint density at radius 3 is 2.53 bits per heavy atom. The van der Waals surface area contributed by atoms with Crippen LogP contribution in [0.5, 0.6) is 5.75 Å². The molecule has 0 aliphatic carbocycles. The molecule has 4 aromatic rings. The molecule has 1 amide bonds. The monoisotopic (exact) mass is 614 g/mol. The highest BCUT2D eigenvalue weighted by Crippen LogP contribution is 2.33. The second-order valence-electron chi connectivity index (χ2n) is 9.35. The van der Waals surface area contributed by atoms with Gasteiger partial charge in [0.15, 0.2) is 5.82 Å². The molecule has 0 atom stereocenters. The van der Waals surface area contributed by atoms with Crippen LogP contribution in [0, 0.1) is 0 Å². The Kier molecular flexibility index (Phi) is 10.9. The van der Waals surface area contributed by atoms with E-state index in [2.05, 4.69) is 45.6 Å². The molecule has 0 spiro atoms. The molecular formula is C28H29F3N8O3S. The van der Waals surface area contributed by atoms with E-state index in [-0.39, 0.29) is 24.5 Å². The van der Waals surface area contributed by atoms with Crippen molar-refractivity contribution in [2.75, 3.05) is 35.7 Å². The van der Waals surface area contributed by atoms with Gasteiger partial charge in [-0.2, -0.15) is 0 Å². The van der Waals surface area contributed by atoms with Gasteiger partial charge in [0.05, 0.1) is 6.42 Å². The van der Waals surface area contributed by atoms with Gasteiger partial charge in [0.2, 0.25) is 11.0 Å². The van der Waals surface area contributed by atoms with Crippen LogP contribution in [-0.2, 0) is 22.4 Å². The Bertz CT molecular complexity index is 1460. The van der Waals surface area contributed by atoms with Crippen molar-refractivity contribution in [2.24, 2.45) is 0 Å². The second-order valence-corrected chi connectivity index (χ2v) is 10.4. The van der Waals surface area contributed by atoms with Crippen molar-refractivity contribution in [1.29, 1.82) is 0 Å². The summed E-state index contributed by atoms with van der Waals surface area (Å²) in [4.78, 5) is 28.7. The van der Waals surface area contributed by atoms with Crippen LogP contribution < -0.4 is 20.3 Å². The van der Waals surface area contributed by atoms with E-state index in [1.807, 2.05) is 37.4 Å². The first kappa shape index (κ1) is 31.3. The number of pyridine rings is 1. The number of hydrogen-bond donors (Lipinski definition) is 2. The molecule has 0 unspecified atom stereocenters. The molecule has 4 heterocycles. The van der Waals surface area contributed by atoms with Crippen LogP contribution in [0.1, 0.15) is 35.0 Å². The smallest absolute Gasteiger partial charge is 0.406 e. The number of benzene rings is 1. The summed E-state index contributed by atoms with van der Waals surface area (Å²) in [6.07, 6.45) is -0.167. The summed E-state index contributed by atoms with van der Waals surface area (Å²) >= 11 is 1.45. The minimum Gasteiger partial charge on any atom is -0.406 e. The lowest BCUT2D eigenvalue weighted by Gasteiger charge is -2.31. The first-order chi connectivity index (χ1) is 20.7. The minimum atomic E-state index is -4.69. The zero-order valence-electron chi connectivity index (χ0n) is 23.1. The molecule has 1 saturated heterocycles. The van der Waals surface area contributed by atoms with Crippen LogP contribution in [0.15, 0.2) is 60.8 Å². The molecular weight excluding hydrogens is 585 g/mol. The number of alkyl halides is 3. The van der Waals surface area contributed by atoms with Crippen molar-refractivity contribution < 1.29 is 27.5 Å². The Morgan fingerprint density at radius 2 is 1.88 bits per heavy atom. The number of anilines is 3. The van der Waals surface area contributed by atoms with Gasteiger partial charge >= 0.3 is 6.36 Å². The van der Waals surface area contributed by atoms with E-state index in [9.17, 15) is 22.8 Å². The summed E-state index contributed by atoms with van der Waals surface area (Å²) < 4.78 is 39.0. The number of nitrogens with one attached hydrogen (secondary N) is 2. The molecule has 0 saturated carbocycles. The van der Waals surface area contributed by atoms with Gasteiger partial charge in [0.25, 0.3) is 0 Å². The van der Waals surface area contributed by atoms with Gasteiger partial charge in [0, 0.05) is 44.4 Å². The molecule has 2 N–H and O–H groups in total. The number of rotatable bonds is 9. The highest BCUT2D eigenvalue weighted by atomic mass is 32.1. The molecule has 43 heavy (non-hydrogen) atoms. The molecule has 3 aromatic heterocycles. The third-order valence-electron chi connectivity index (χ3n) is 6.28. The van der Waals surface area contributed by atoms with Crippen molar-refractivity contribution in [3.8, 4) is 5.75 Å². The lowest BCUT2D eigenvalue weighted by atomic mass is 9.98. The van der Waals surface area contributed by atoms with Crippen LogP contribution in [0.4, 0.5) is 29.9 Å². The van der Waals surface area contributed by atoms with Crippen molar-refractivity contribution >= 4 is 40.3 Å². The van der Waals surface area contributed by atoms with Crippen LogP contribution >= 0.6 is 11.3 Å². The highest BCUT2D eigenvalue weighted by Gasteiger charge is 2.31. The summed E-state index contributed by atoms with van der Waals surface area (Å²) in [5.41, 5.74) is 1.22. The van der Waals surface area contributed by atoms with Crippen molar-refractivity contribution in [3.05, 3.63) is 77.1 Å². The quantitative estimate of drug-likeness (QED) is 0.256. The fourth-order valence-electron chi connectivity index (χ4n) is 4.23. The number of hydrogen-bond acceptors (Lipinski definition) is 11. The first-order valence-electron chi connectivity index (χ1n) is 13.3. The van der Waals surface area contributed by atoms with E-state index >= 15 is 0 Å². The number of carbonyl (C=O) groups is 2. The highest BCUT2D eigenvalue weighted by molar-refractivity contribution is 7.15. The predicted molar refractivity (Wildman–Crippen MR) is 155 cm³/mol. The molecule has 226 valence electrons. The van der Waals surface area contributed by atoms with Crippen LogP contribution in [0.3, 0.4) is 0 Å². The van der Waals surface area contributed by atoms with E-state index in [0.717, 1.165) is 48.3 Å². The molecule has 1 aromatic carbocycles. The van der Waals surface area contributed by atoms with E-state index in [1.165, 1.54) is 29.5 Å². The maximum absolute atomic E-state index is 12.2. The third kappa shape index (κ3) is 9.99. The van der Waals surface area contributed by atoms with Crippen molar-refractivity contribution in [3.63, 3.8) is 0 Å². The molecule has 0 radical (unpaired) electrons. The van der Waals surface area contributed by atoms with E-state index < -0.39 is 6.36 Å². The van der Waals surface area contributed by atoms with Gasteiger partial charge in [-0.1, -0.05) is 29.5 Å². The predicted octanol–water partition coefficient (Wildman–Crippen LogP) is 4.66. The lowest BCUT2D eigenvalue weighted by Crippen LogP contribution is -2.33. The van der Waals surface area contributed by atoms with Gasteiger partial charge in [-0.05, 0) is 54.8 Å². The van der Waals surface area contributed by atoms with Crippen LogP contribution in [0.2, 0.25) is 0 Å². The summed E-state index contributed by atoms with van der Waals surface area (Å²) in [6, 6.07) is 14.8. The van der Waals surface area contributed by atoms with Gasteiger partial charge in [-0.15, -0.1) is 33.6 Å². The molecule has 1 aliphatic heterocycles. The van der Waals surface area contributed by atoms with Gasteiger partial charge in [-0.3, -0.25) is 9.78 Å². The Hall–Kier alpha value is -4.66. The topological polar surface area (TPSA) is 135 Å².